The summed E-state index contributed by atoms with van der Waals surface area (Å²) in [7, 11) is 0. The van der Waals surface area contributed by atoms with E-state index in [4.69, 9.17) is 0 Å². The fourth-order valence-corrected chi connectivity index (χ4v) is 0. The predicted octanol–water partition coefficient (Wildman–Crippen LogP) is -6.77. The maximum Gasteiger partial charge on any atom is 1.00 e. The van der Waals surface area contributed by atoms with Crippen molar-refractivity contribution in [1.82, 2.24) is 0 Å². The average Bonchev–Trinajstić information content (AvgIpc) is 0. The molecule has 0 saturated carbocycles. The molecule has 0 aliphatic heterocycles. The van der Waals surface area contributed by atoms with Gasteiger partial charge < -0.3 is 0 Å². The molecule has 0 nitrogen and oxygen atoms in total. The first-order chi connectivity index (χ1) is 0. The van der Waals surface area contributed by atoms with Crippen LogP contribution < -0.4 is 51.4 Å². The Bertz CT molecular complexity index is 7.51. The zero-order valence-corrected chi connectivity index (χ0v) is 9.53. The van der Waals surface area contributed by atoms with E-state index in [1.165, 1.54) is 0 Å². The van der Waals surface area contributed by atoms with E-state index in [-0.39, 0.29) is 103 Å². The average molecular weight is 164 g/mol. The number of hydrogen-bond acceptors (Lipinski definition) is 0. The third kappa shape index (κ3) is 31.9. The van der Waals surface area contributed by atoms with E-state index in [2.05, 4.69) is 0 Å². The van der Waals surface area contributed by atoms with Crippen molar-refractivity contribution in [3.63, 3.8) is 0 Å². The van der Waals surface area contributed by atoms with Crippen molar-refractivity contribution in [3.8, 4) is 0 Å². The molecule has 0 amide bonds. The molecular formula is H7AsB4K. The largest absolute Gasteiger partial charge is 1.00 e. The fourth-order valence-electron chi connectivity index (χ4n) is 0. The molecule has 1 unspecified atom stereocenters. The summed E-state index contributed by atoms with van der Waals surface area (Å²) in [4.78, 5) is 0. The van der Waals surface area contributed by atoms with E-state index in [1.54, 1.807) is 0 Å². The molecule has 9 radical (unpaired) electrons. The molecule has 25 valence electrons. The molecule has 0 aromatic rings. The van der Waals surface area contributed by atoms with E-state index < -0.39 is 0 Å². The van der Waals surface area contributed by atoms with Crippen molar-refractivity contribution >= 4 is 51.6 Å². The van der Waals surface area contributed by atoms with Gasteiger partial charge in [0.2, 0.25) is 0 Å². The summed E-state index contributed by atoms with van der Waals surface area (Å²) in [6, 6.07) is 0. The van der Waals surface area contributed by atoms with Crippen molar-refractivity contribution < 1.29 is 51.4 Å². The summed E-state index contributed by atoms with van der Waals surface area (Å²) < 4.78 is 0. The van der Waals surface area contributed by atoms with Crippen LogP contribution in [0.1, 0.15) is 0 Å². The van der Waals surface area contributed by atoms with Gasteiger partial charge in [-0.05, 0) is 0 Å². The van der Waals surface area contributed by atoms with Crippen LogP contribution in [0.4, 0.5) is 0 Å². The molecule has 0 aliphatic carbocycles. The maximum atomic E-state index is 0. The summed E-state index contributed by atoms with van der Waals surface area (Å²) in [6.45, 7) is 0. The zero-order chi connectivity index (χ0) is 0. The zero-order valence-electron chi connectivity index (χ0n) is 3.44. The normalized spacial score (nSPS) is 0. The Labute approximate surface area is 101 Å². The molecule has 0 aromatic carbocycles. The Morgan fingerprint density at radius 3 is 0.667 bits per heavy atom. The summed E-state index contributed by atoms with van der Waals surface area (Å²) >= 11 is 0. The van der Waals surface area contributed by atoms with Crippen LogP contribution in [0.25, 0.3) is 0 Å². The molecule has 0 aliphatic rings. The van der Waals surface area contributed by atoms with E-state index in [1.807, 2.05) is 0 Å². The van der Waals surface area contributed by atoms with Gasteiger partial charge in [-0.15, -0.1) is 0 Å². The van der Waals surface area contributed by atoms with Crippen molar-refractivity contribution in [1.29, 1.82) is 0 Å². The molecule has 0 aromatic heterocycles. The van der Waals surface area contributed by atoms with Gasteiger partial charge in [0.25, 0.3) is 0 Å². The molecule has 1 atom stereocenters. The molecule has 0 heterocycles. The first-order valence-electron chi connectivity index (χ1n) is 0. The van der Waals surface area contributed by atoms with E-state index in [0.29, 0.717) is 0 Å². The molecule has 0 bridgehead atoms. The van der Waals surface area contributed by atoms with Crippen LogP contribution >= 0.6 is 0 Å². The molecule has 6 heavy (non-hydrogen) atoms. The molecule has 0 N–H and O–H groups in total. The molecule has 0 fully saturated rings. The smallest absolute Gasteiger partial charge is 0.0626 e. The Morgan fingerprint density at radius 2 is 0.667 bits per heavy atom. The number of hydrogen-bond donors (Lipinski definition) is 0. The van der Waals surface area contributed by atoms with Gasteiger partial charge in [-0.2, -0.15) is 0 Å². The van der Waals surface area contributed by atoms with Gasteiger partial charge in [0.1, 0.15) is 0 Å². The standard InChI is InChI=1S/AsH3.BH4.3B.K/h1H3;1H4;;;;/q;-1;;;;+1. The Morgan fingerprint density at radius 1 is 0.667 bits per heavy atom. The molecule has 0 rings (SSSR count). The molecule has 0 spiro atoms. The van der Waals surface area contributed by atoms with Gasteiger partial charge >= 0.3 is 69.3 Å². The van der Waals surface area contributed by atoms with Crippen LogP contribution in [0.15, 0.2) is 0 Å². The van der Waals surface area contributed by atoms with Gasteiger partial charge in [-0.25, -0.2) is 0 Å². The second-order valence-electron chi connectivity index (χ2n) is 0. The Kier molecular flexibility index (Phi) is 670. The minimum Gasteiger partial charge on any atom is -0.0626 e. The van der Waals surface area contributed by atoms with Gasteiger partial charge in [0, 0.05) is 25.2 Å². The van der Waals surface area contributed by atoms with Gasteiger partial charge in [-0.3, -0.25) is 0 Å². The topological polar surface area (TPSA) is 0 Å². The van der Waals surface area contributed by atoms with Gasteiger partial charge in [0.15, 0.2) is 0 Å². The third-order valence-corrected chi connectivity index (χ3v) is 0. The van der Waals surface area contributed by atoms with Crippen molar-refractivity contribution in [2.24, 2.45) is 0 Å². The summed E-state index contributed by atoms with van der Waals surface area (Å²) in [5.74, 6) is 0. The minimum atomic E-state index is 0. The Balaban J connectivity index is 0. The SMILES string of the molecule is [AsH3].[BH4-].[B].[B].[B].[K+]. The van der Waals surface area contributed by atoms with E-state index >= 15 is 0 Å². The summed E-state index contributed by atoms with van der Waals surface area (Å²) in [5.41, 5.74) is 0. The Hall–Kier alpha value is 2.45. The van der Waals surface area contributed by atoms with Crippen LogP contribution in [0.2, 0.25) is 0 Å². The first kappa shape index (κ1) is 78.0. The van der Waals surface area contributed by atoms with E-state index in [0.717, 1.165) is 0 Å². The summed E-state index contributed by atoms with van der Waals surface area (Å²) in [5, 5.41) is 0. The van der Waals surface area contributed by atoms with E-state index in [9.17, 15) is 0 Å². The van der Waals surface area contributed by atoms with Crippen molar-refractivity contribution in [2.75, 3.05) is 0 Å². The van der Waals surface area contributed by atoms with Gasteiger partial charge in [-0.1, -0.05) is 8.41 Å². The second kappa shape index (κ2) is 51.5. The second-order valence-corrected chi connectivity index (χ2v) is 0. The fraction of sp³-hybridized carbons (Fsp3) is 0. The summed E-state index contributed by atoms with van der Waals surface area (Å²) in [6.07, 6.45) is 0. The van der Waals surface area contributed by atoms with Crippen LogP contribution in [0.5, 0.6) is 0 Å². The monoisotopic (exact) mass is 165 g/mol. The quantitative estimate of drug-likeness (QED) is 0.312. The minimum absolute atomic E-state index is 0. The predicted molar refractivity (Wildman–Crippen MR) is 38.5 cm³/mol. The molecular weight excluding hydrogens is 157 g/mol. The van der Waals surface area contributed by atoms with Gasteiger partial charge in [0.05, 0.1) is 0 Å². The molecule has 0 saturated heterocycles. The van der Waals surface area contributed by atoms with Crippen LogP contribution in [0, 0.1) is 0 Å². The van der Waals surface area contributed by atoms with Crippen molar-refractivity contribution in [3.05, 3.63) is 0 Å². The van der Waals surface area contributed by atoms with Crippen molar-refractivity contribution in [2.45, 2.75) is 0 Å². The molecule has 6 heteroatoms. The van der Waals surface area contributed by atoms with Crippen LogP contribution in [-0.4, -0.2) is 51.6 Å². The van der Waals surface area contributed by atoms with Crippen LogP contribution in [-0.2, 0) is 0 Å². The third-order valence-electron chi connectivity index (χ3n) is 0. The van der Waals surface area contributed by atoms with Crippen LogP contribution in [0.3, 0.4) is 0 Å². The first-order valence-corrected chi connectivity index (χ1v) is 0. The maximum absolute atomic E-state index is 0. The number of rotatable bonds is 0.